The first-order valence-electron chi connectivity index (χ1n) is 7.57. The van der Waals surface area contributed by atoms with E-state index in [9.17, 15) is 9.18 Å². The summed E-state index contributed by atoms with van der Waals surface area (Å²) >= 11 is 0. The van der Waals surface area contributed by atoms with Crippen LogP contribution in [0.4, 0.5) is 4.39 Å². The minimum absolute atomic E-state index is 0.278. The Labute approximate surface area is 125 Å². The van der Waals surface area contributed by atoms with Crippen molar-refractivity contribution in [2.75, 3.05) is 13.1 Å². The van der Waals surface area contributed by atoms with Gasteiger partial charge in [0.1, 0.15) is 5.82 Å². The van der Waals surface area contributed by atoms with E-state index in [-0.39, 0.29) is 11.9 Å². The first-order chi connectivity index (χ1) is 10.0. The van der Waals surface area contributed by atoms with Crippen molar-refractivity contribution in [2.45, 2.75) is 38.8 Å². The molecule has 0 radical (unpaired) electrons. The molecular weight excluding hydrogens is 269 g/mol. The number of benzene rings is 1. The molecule has 1 aromatic rings. The molecule has 1 aliphatic rings. The van der Waals surface area contributed by atoms with Crippen LogP contribution in [0.15, 0.2) is 18.2 Å². The molecule has 1 saturated heterocycles. The molecule has 1 amide bonds. The van der Waals surface area contributed by atoms with E-state index in [0.29, 0.717) is 30.1 Å². The van der Waals surface area contributed by atoms with E-state index in [1.54, 1.807) is 6.07 Å². The molecule has 2 unspecified atom stereocenters. The van der Waals surface area contributed by atoms with E-state index in [1.807, 2.05) is 0 Å². The first kappa shape index (κ1) is 15.9. The number of halogens is 1. The zero-order valence-electron chi connectivity index (χ0n) is 12.5. The molecule has 116 valence electrons. The van der Waals surface area contributed by atoms with Crippen LogP contribution in [0.5, 0.6) is 0 Å². The number of carbonyl (C=O) groups excluding carboxylic acids is 1. The van der Waals surface area contributed by atoms with Crippen molar-refractivity contribution in [2.24, 2.45) is 17.4 Å². The molecule has 1 heterocycles. The van der Waals surface area contributed by atoms with Crippen molar-refractivity contribution in [3.8, 4) is 0 Å². The zero-order chi connectivity index (χ0) is 15.4. The number of carbonyl (C=O) groups is 1. The molecular formula is C16H24FN3O. The van der Waals surface area contributed by atoms with Crippen LogP contribution in [0.25, 0.3) is 0 Å². The van der Waals surface area contributed by atoms with Crippen LogP contribution in [0.2, 0.25) is 0 Å². The van der Waals surface area contributed by atoms with Gasteiger partial charge in [0.2, 0.25) is 5.91 Å². The summed E-state index contributed by atoms with van der Waals surface area (Å²) in [4.78, 5) is 13.4. The fourth-order valence-corrected chi connectivity index (χ4v) is 3.07. The van der Waals surface area contributed by atoms with Crippen LogP contribution < -0.4 is 11.5 Å². The van der Waals surface area contributed by atoms with Gasteiger partial charge in [-0.2, -0.15) is 0 Å². The van der Waals surface area contributed by atoms with E-state index in [4.69, 9.17) is 11.5 Å². The van der Waals surface area contributed by atoms with E-state index in [0.717, 1.165) is 25.8 Å². The monoisotopic (exact) mass is 293 g/mol. The number of hydrogen-bond donors (Lipinski definition) is 2. The van der Waals surface area contributed by atoms with Crippen molar-refractivity contribution >= 4 is 5.91 Å². The molecule has 21 heavy (non-hydrogen) atoms. The molecule has 4 nitrogen and oxygen atoms in total. The second-order valence-corrected chi connectivity index (χ2v) is 5.83. The number of primary amides is 1. The number of hydrogen-bond acceptors (Lipinski definition) is 3. The predicted molar refractivity (Wildman–Crippen MR) is 81.2 cm³/mol. The van der Waals surface area contributed by atoms with Gasteiger partial charge in [-0.3, -0.25) is 9.69 Å². The maximum absolute atomic E-state index is 14.0. The van der Waals surface area contributed by atoms with Gasteiger partial charge >= 0.3 is 0 Å². The van der Waals surface area contributed by atoms with Gasteiger partial charge in [0, 0.05) is 30.3 Å². The van der Waals surface area contributed by atoms with Gasteiger partial charge in [-0.1, -0.05) is 13.3 Å². The SMILES string of the molecule is CCC1CCN(Cc2cc(C(N)=O)ccc2F)C(CN)C1. The Hall–Kier alpha value is -1.46. The molecule has 0 saturated carbocycles. The number of nitrogens with two attached hydrogens (primary N) is 2. The topological polar surface area (TPSA) is 72.3 Å². The van der Waals surface area contributed by atoms with Gasteiger partial charge in [-0.15, -0.1) is 0 Å². The minimum atomic E-state index is -0.531. The maximum Gasteiger partial charge on any atom is 0.248 e. The summed E-state index contributed by atoms with van der Waals surface area (Å²) in [6.07, 6.45) is 3.34. The van der Waals surface area contributed by atoms with Gasteiger partial charge in [-0.25, -0.2) is 4.39 Å². The zero-order valence-corrected chi connectivity index (χ0v) is 12.5. The van der Waals surface area contributed by atoms with E-state index in [2.05, 4.69) is 11.8 Å². The molecule has 2 rings (SSSR count). The number of nitrogens with zero attached hydrogens (tertiary/aromatic N) is 1. The summed E-state index contributed by atoms with van der Waals surface area (Å²) < 4.78 is 14.0. The normalized spacial score (nSPS) is 23.2. The highest BCUT2D eigenvalue weighted by atomic mass is 19.1. The minimum Gasteiger partial charge on any atom is -0.366 e. The summed E-state index contributed by atoms with van der Waals surface area (Å²) in [6.45, 7) is 4.17. The molecule has 4 N–H and O–H groups in total. The Morgan fingerprint density at radius 2 is 2.24 bits per heavy atom. The summed E-state index contributed by atoms with van der Waals surface area (Å²) in [5, 5.41) is 0. The molecule has 0 bridgehead atoms. The third-order valence-electron chi connectivity index (χ3n) is 4.50. The molecule has 1 fully saturated rings. The number of rotatable bonds is 5. The third kappa shape index (κ3) is 3.80. The van der Waals surface area contributed by atoms with E-state index < -0.39 is 5.91 Å². The first-order valence-corrected chi connectivity index (χ1v) is 7.57. The molecule has 0 aromatic heterocycles. The lowest BCUT2D eigenvalue weighted by Gasteiger charge is -2.39. The fourth-order valence-electron chi connectivity index (χ4n) is 3.07. The summed E-state index contributed by atoms with van der Waals surface area (Å²) in [5.41, 5.74) is 12.0. The average molecular weight is 293 g/mol. The van der Waals surface area contributed by atoms with Gasteiger partial charge in [0.25, 0.3) is 0 Å². The molecule has 1 aliphatic heterocycles. The van der Waals surface area contributed by atoms with Crippen molar-refractivity contribution in [3.63, 3.8) is 0 Å². The van der Waals surface area contributed by atoms with Crippen LogP contribution in [0.3, 0.4) is 0 Å². The Morgan fingerprint density at radius 3 is 2.86 bits per heavy atom. The Balaban J connectivity index is 2.13. The Morgan fingerprint density at radius 1 is 1.48 bits per heavy atom. The summed E-state index contributed by atoms with van der Waals surface area (Å²) in [6, 6.07) is 4.56. The molecule has 5 heteroatoms. The third-order valence-corrected chi connectivity index (χ3v) is 4.50. The fraction of sp³-hybridized carbons (Fsp3) is 0.562. The number of amides is 1. The van der Waals surface area contributed by atoms with Gasteiger partial charge in [-0.05, 0) is 43.5 Å². The maximum atomic E-state index is 14.0. The summed E-state index contributed by atoms with van der Waals surface area (Å²) in [7, 11) is 0. The van der Waals surface area contributed by atoms with Crippen molar-refractivity contribution in [1.82, 2.24) is 4.90 Å². The van der Waals surface area contributed by atoms with Crippen LogP contribution in [0, 0.1) is 11.7 Å². The molecule has 0 aliphatic carbocycles. The molecule has 1 aromatic carbocycles. The van der Waals surface area contributed by atoms with Crippen molar-refractivity contribution < 1.29 is 9.18 Å². The lowest BCUT2D eigenvalue weighted by atomic mass is 9.88. The smallest absolute Gasteiger partial charge is 0.248 e. The van der Waals surface area contributed by atoms with Crippen molar-refractivity contribution in [1.29, 1.82) is 0 Å². The largest absolute Gasteiger partial charge is 0.366 e. The second-order valence-electron chi connectivity index (χ2n) is 5.83. The summed E-state index contributed by atoms with van der Waals surface area (Å²) in [5.74, 6) is -0.124. The quantitative estimate of drug-likeness (QED) is 0.870. The van der Waals surface area contributed by atoms with Gasteiger partial charge in [0.15, 0.2) is 0 Å². The highest BCUT2D eigenvalue weighted by Gasteiger charge is 2.27. The number of likely N-dealkylation sites (tertiary alicyclic amines) is 1. The standard InChI is InChI=1S/C16H24FN3O/c1-2-11-5-6-20(14(7-11)9-18)10-13-8-12(16(19)21)3-4-15(13)17/h3-4,8,11,14H,2,5-7,9-10,18H2,1H3,(H2,19,21). The van der Waals surface area contributed by atoms with Crippen molar-refractivity contribution in [3.05, 3.63) is 35.1 Å². The van der Waals surface area contributed by atoms with Crippen LogP contribution in [-0.2, 0) is 6.54 Å². The highest BCUT2D eigenvalue weighted by molar-refractivity contribution is 5.92. The second kappa shape index (κ2) is 7.00. The van der Waals surface area contributed by atoms with Crippen LogP contribution in [-0.4, -0.2) is 29.9 Å². The van der Waals surface area contributed by atoms with Crippen LogP contribution in [0.1, 0.15) is 42.1 Å². The Kier molecular flexibility index (Phi) is 5.31. The molecule has 0 spiro atoms. The predicted octanol–water partition coefficient (Wildman–Crippen LogP) is 1.87. The average Bonchev–Trinajstić information content (AvgIpc) is 2.49. The highest BCUT2D eigenvalue weighted by Crippen LogP contribution is 2.26. The van der Waals surface area contributed by atoms with Gasteiger partial charge in [0.05, 0.1) is 0 Å². The van der Waals surface area contributed by atoms with E-state index in [1.165, 1.54) is 12.1 Å². The lowest BCUT2D eigenvalue weighted by molar-refractivity contribution is 0.0998. The Bertz CT molecular complexity index is 506. The number of piperidine rings is 1. The van der Waals surface area contributed by atoms with E-state index >= 15 is 0 Å². The lowest BCUT2D eigenvalue weighted by Crippen LogP contribution is -2.46. The van der Waals surface area contributed by atoms with Crippen LogP contribution >= 0.6 is 0 Å². The van der Waals surface area contributed by atoms with Gasteiger partial charge < -0.3 is 11.5 Å². The molecule has 2 atom stereocenters.